The Balaban J connectivity index is 1.46. The normalized spacial score (nSPS) is 28.5. The van der Waals surface area contributed by atoms with Crippen molar-refractivity contribution in [2.45, 2.75) is 57.4 Å². The second kappa shape index (κ2) is 10.8. The number of benzene rings is 3. The summed E-state index contributed by atoms with van der Waals surface area (Å²) < 4.78 is 5.40. The fourth-order valence-corrected chi connectivity index (χ4v) is 8.65. The molecule has 0 aromatic heterocycles. The average molecular weight is 634 g/mol. The van der Waals surface area contributed by atoms with Crippen LogP contribution in [0.25, 0.3) is 0 Å². The molecule has 2 saturated heterocycles. The van der Waals surface area contributed by atoms with Crippen molar-refractivity contribution in [2.24, 2.45) is 23.7 Å². The summed E-state index contributed by atoms with van der Waals surface area (Å²) in [6.07, 6.45) is 2.51. The molecule has 4 amide bonds. The van der Waals surface area contributed by atoms with E-state index in [2.05, 4.69) is 5.43 Å². The van der Waals surface area contributed by atoms with Crippen molar-refractivity contribution < 1.29 is 29.0 Å². The van der Waals surface area contributed by atoms with Gasteiger partial charge < -0.3 is 9.84 Å². The molecule has 6 atom stereocenters. The van der Waals surface area contributed by atoms with Gasteiger partial charge in [0.1, 0.15) is 11.5 Å². The Labute approximate surface area is 274 Å². The molecule has 2 heterocycles. The van der Waals surface area contributed by atoms with Gasteiger partial charge in [-0.15, -0.1) is 0 Å². The van der Waals surface area contributed by atoms with Crippen LogP contribution in [-0.2, 0) is 24.6 Å². The molecule has 47 heavy (non-hydrogen) atoms. The SMILES string of the molecule is COc1ccc(C2C3=CCC4C(=O)N(C(C)(C)C)C(=O)C4C3CC3C(=O)N(Nc4ccc(C)cc4)C(=O)C32c2ccccc2)c(O)c1. The lowest BCUT2D eigenvalue weighted by Gasteiger charge is -2.50. The van der Waals surface area contributed by atoms with Crippen LogP contribution >= 0.6 is 0 Å². The molecule has 1 saturated carbocycles. The smallest absolute Gasteiger partial charge is 0.260 e. The molecule has 242 valence electrons. The maximum absolute atomic E-state index is 15.1. The number of imide groups is 2. The molecular formula is C38H39N3O6. The predicted molar refractivity (Wildman–Crippen MR) is 175 cm³/mol. The van der Waals surface area contributed by atoms with Crippen LogP contribution < -0.4 is 10.2 Å². The summed E-state index contributed by atoms with van der Waals surface area (Å²) in [6.45, 7) is 7.50. The van der Waals surface area contributed by atoms with Crippen molar-refractivity contribution >= 4 is 29.3 Å². The number of hydrogen-bond acceptors (Lipinski definition) is 7. The number of rotatable bonds is 5. The van der Waals surface area contributed by atoms with Crippen LogP contribution in [0.1, 0.15) is 56.2 Å². The summed E-state index contributed by atoms with van der Waals surface area (Å²) >= 11 is 0. The number of carbonyl (C=O) groups is 4. The molecule has 0 bridgehead atoms. The average Bonchev–Trinajstić information content (AvgIpc) is 3.43. The molecule has 9 heteroatoms. The molecular weight excluding hydrogens is 594 g/mol. The fourth-order valence-electron chi connectivity index (χ4n) is 8.65. The van der Waals surface area contributed by atoms with E-state index in [0.717, 1.165) is 16.1 Å². The number of ether oxygens (including phenoxy) is 1. The highest BCUT2D eigenvalue weighted by Gasteiger charge is 2.70. The Morgan fingerprint density at radius 2 is 1.60 bits per heavy atom. The number of nitrogens with one attached hydrogen (secondary N) is 1. The first-order valence-corrected chi connectivity index (χ1v) is 16.1. The van der Waals surface area contributed by atoms with E-state index in [-0.39, 0.29) is 24.0 Å². The number of phenolic OH excluding ortho intramolecular Hbond substituents is 1. The highest BCUT2D eigenvalue weighted by atomic mass is 16.5. The lowest BCUT2D eigenvalue weighted by molar-refractivity contribution is -0.146. The number of hydrogen-bond donors (Lipinski definition) is 2. The van der Waals surface area contributed by atoms with Gasteiger partial charge in [-0.2, -0.15) is 5.01 Å². The monoisotopic (exact) mass is 633 g/mol. The van der Waals surface area contributed by atoms with E-state index in [1.165, 1.54) is 18.1 Å². The molecule has 9 nitrogen and oxygen atoms in total. The number of fused-ring (bicyclic) bond motifs is 4. The van der Waals surface area contributed by atoms with Crippen LogP contribution in [-0.4, -0.2) is 51.3 Å². The highest BCUT2D eigenvalue weighted by Crippen LogP contribution is 2.65. The number of carbonyl (C=O) groups excluding carboxylic acids is 4. The van der Waals surface area contributed by atoms with E-state index in [9.17, 15) is 19.5 Å². The molecule has 2 aliphatic heterocycles. The number of nitrogens with zero attached hydrogens (tertiary/aromatic N) is 2. The van der Waals surface area contributed by atoms with Crippen LogP contribution in [0.4, 0.5) is 5.69 Å². The van der Waals surface area contributed by atoms with Crippen molar-refractivity contribution in [3.05, 3.63) is 101 Å². The second-order valence-corrected chi connectivity index (χ2v) is 14.2. The van der Waals surface area contributed by atoms with E-state index < -0.39 is 52.4 Å². The fraction of sp³-hybridized carbons (Fsp3) is 0.368. The van der Waals surface area contributed by atoms with Gasteiger partial charge in [0.05, 0.1) is 36.0 Å². The number of amides is 4. The summed E-state index contributed by atoms with van der Waals surface area (Å²) in [5, 5.41) is 12.7. The Morgan fingerprint density at radius 1 is 0.894 bits per heavy atom. The van der Waals surface area contributed by atoms with Gasteiger partial charge in [-0.1, -0.05) is 65.7 Å². The van der Waals surface area contributed by atoms with Gasteiger partial charge >= 0.3 is 0 Å². The lowest BCUT2D eigenvalue weighted by Crippen LogP contribution is -2.53. The molecule has 3 aromatic rings. The molecule has 3 fully saturated rings. The first-order valence-electron chi connectivity index (χ1n) is 16.1. The van der Waals surface area contributed by atoms with Gasteiger partial charge in [-0.3, -0.25) is 29.5 Å². The van der Waals surface area contributed by atoms with Gasteiger partial charge in [-0.25, -0.2) is 0 Å². The third kappa shape index (κ3) is 4.42. The number of anilines is 1. The van der Waals surface area contributed by atoms with Crippen LogP contribution in [0.15, 0.2) is 84.4 Å². The Morgan fingerprint density at radius 3 is 2.23 bits per heavy atom. The third-order valence-corrected chi connectivity index (χ3v) is 10.6. The molecule has 0 spiro atoms. The number of allylic oxidation sites excluding steroid dienone is 2. The van der Waals surface area contributed by atoms with Gasteiger partial charge in [0.15, 0.2) is 0 Å². The zero-order chi connectivity index (χ0) is 33.4. The maximum atomic E-state index is 15.1. The van der Waals surface area contributed by atoms with Crippen molar-refractivity contribution in [1.82, 2.24) is 9.91 Å². The quantitative estimate of drug-likeness (QED) is 0.282. The van der Waals surface area contributed by atoms with Crippen LogP contribution in [0.5, 0.6) is 11.5 Å². The summed E-state index contributed by atoms with van der Waals surface area (Å²) in [5.74, 6) is -4.39. The summed E-state index contributed by atoms with van der Waals surface area (Å²) in [4.78, 5) is 59.1. The zero-order valence-corrected chi connectivity index (χ0v) is 27.2. The minimum absolute atomic E-state index is 0.0811. The minimum Gasteiger partial charge on any atom is -0.508 e. The lowest BCUT2D eigenvalue weighted by atomic mass is 9.49. The van der Waals surface area contributed by atoms with E-state index in [1.807, 2.05) is 88.4 Å². The van der Waals surface area contributed by atoms with Gasteiger partial charge in [0, 0.05) is 23.1 Å². The summed E-state index contributed by atoms with van der Waals surface area (Å²) in [6, 6.07) is 21.7. The van der Waals surface area contributed by atoms with Crippen molar-refractivity contribution in [3.63, 3.8) is 0 Å². The number of aromatic hydroxyl groups is 1. The molecule has 3 aromatic carbocycles. The van der Waals surface area contributed by atoms with Crippen molar-refractivity contribution in [2.75, 3.05) is 12.5 Å². The van der Waals surface area contributed by atoms with E-state index in [1.54, 1.807) is 12.1 Å². The van der Waals surface area contributed by atoms with Crippen LogP contribution in [0.2, 0.25) is 0 Å². The third-order valence-electron chi connectivity index (χ3n) is 10.6. The predicted octanol–water partition coefficient (Wildman–Crippen LogP) is 5.49. The molecule has 2 aliphatic carbocycles. The van der Waals surface area contributed by atoms with E-state index >= 15 is 4.79 Å². The van der Waals surface area contributed by atoms with Crippen LogP contribution in [0, 0.1) is 30.6 Å². The topological polar surface area (TPSA) is 116 Å². The van der Waals surface area contributed by atoms with E-state index in [4.69, 9.17) is 4.74 Å². The van der Waals surface area contributed by atoms with Gasteiger partial charge in [0.25, 0.3) is 11.8 Å². The Kier molecular flexibility index (Phi) is 7.07. The number of phenols is 1. The molecule has 7 rings (SSSR count). The first-order chi connectivity index (χ1) is 22.4. The standard InChI is InChI=1S/C38H39N3O6/c1-21-11-13-23(14-12-21)39-41-34(44)29-20-28-25(17-18-27-31(28)35(45)40(33(27)43)37(2,3)4)32(26-16-15-24(47-5)19-30(26)42)38(29,36(41)46)22-9-7-6-8-10-22/h6-17,19,27-29,31-32,39,42H,18,20H2,1-5H3. The molecule has 2 N–H and O–H groups in total. The maximum Gasteiger partial charge on any atom is 0.260 e. The first kappa shape index (κ1) is 30.7. The van der Waals surface area contributed by atoms with E-state index in [0.29, 0.717) is 29.0 Å². The Hall–Kier alpha value is -4.92. The number of hydrazine groups is 1. The van der Waals surface area contributed by atoms with Gasteiger partial charge in [-0.05, 0) is 70.2 Å². The summed E-state index contributed by atoms with van der Waals surface area (Å²) in [5.41, 5.74) is 4.44. The number of aryl methyl sites for hydroxylation is 1. The van der Waals surface area contributed by atoms with Crippen LogP contribution in [0.3, 0.4) is 0 Å². The zero-order valence-electron chi connectivity index (χ0n) is 27.2. The van der Waals surface area contributed by atoms with Gasteiger partial charge in [0.2, 0.25) is 11.8 Å². The molecule has 0 radical (unpaired) electrons. The van der Waals surface area contributed by atoms with Crippen molar-refractivity contribution in [1.29, 1.82) is 0 Å². The summed E-state index contributed by atoms with van der Waals surface area (Å²) in [7, 11) is 1.51. The largest absolute Gasteiger partial charge is 0.508 e. The van der Waals surface area contributed by atoms with Crippen molar-refractivity contribution in [3.8, 4) is 11.5 Å². The molecule has 6 unspecified atom stereocenters. The Bertz CT molecular complexity index is 1830. The number of likely N-dealkylation sites (tertiary alicyclic amines) is 1. The second-order valence-electron chi connectivity index (χ2n) is 14.2. The highest BCUT2D eigenvalue weighted by molar-refractivity contribution is 6.13. The molecule has 4 aliphatic rings. The number of methoxy groups -OCH3 is 1. The minimum atomic E-state index is -1.45.